The highest BCUT2D eigenvalue weighted by Gasteiger charge is 2.19. The normalized spacial score (nSPS) is 20.1. The maximum atomic E-state index is 6.36. The van der Waals surface area contributed by atoms with Crippen molar-refractivity contribution in [1.82, 2.24) is 0 Å². The highest BCUT2D eigenvalue weighted by atomic mass is 79.9. The third-order valence-electron chi connectivity index (χ3n) is 3.86. The van der Waals surface area contributed by atoms with Gasteiger partial charge < -0.3 is 14.2 Å². The van der Waals surface area contributed by atoms with Gasteiger partial charge in [0.2, 0.25) is 0 Å². The van der Waals surface area contributed by atoms with Crippen LogP contribution < -0.4 is 9.47 Å². The van der Waals surface area contributed by atoms with Gasteiger partial charge in [0.05, 0.1) is 20.3 Å². The van der Waals surface area contributed by atoms with E-state index in [0.29, 0.717) is 22.6 Å². The van der Waals surface area contributed by atoms with E-state index in [9.17, 15) is 0 Å². The predicted octanol–water partition coefficient (Wildman–Crippen LogP) is 5.14. The van der Waals surface area contributed by atoms with Crippen LogP contribution in [0.3, 0.4) is 0 Å². The lowest BCUT2D eigenvalue weighted by Gasteiger charge is -2.24. The first kappa shape index (κ1) is 16.9. The summed E-state index contributed by atoms with van der Waals surface area (Å²) in [6, 6.07) is 3.75. The van der Waals surface area contributed by atoms with Crippen molar-refractivity contribution < 1.29 is 14.2 Å². The SMILES string of the molecule is COc1cc(Cl)c(C(Br)CCC2CCCCO2)cc1OC. The fraction of sp³-hybridized carbons (Fsp3) is 0.625. The van der Waals surface area contributed by atoms with E-state index in [4.69, 9.17) is 25.8 Å². The number of ether oxygens (including phenoxy) is 3. The molecule has 2 rings (SSSR count). The molecule has 1 aromatic carbocycles. The van der Waals surface area contributed by atoms with Crippen LogP contribution in [0.1, 0.15) is 42.5 Å². The van der Waals surface area contributed by atoms with Crippen LogP contribution in [0, 0.1) is 0 Å². The predicted molar refractivity (Wildman–Crippen MR) is 89.0 cm³/mol. The zero-order valence-electron chi connectivity index (χ0n) is 12.5. The molecule has 0 N–H and O–H groups in total. The summed E-state index contributed by atoms with van der Waals surface area (Å²) in [6.45, 7) is 0.898. The molecule has 1 heterocycles. The Morgan fingerprint density at radius 2 is 2.00 bits per heavy atom. The van der Waals surface area contributed by atoms with E-state index in [1.54, 1.807) is 20.3 Å². The molecular weight excluding hydrogens is 356 g/mol. The Bertz CT molecular complexity index is 461. The van der Waals surface area contributed by atoms with Gasteiger partial charge in [-0.1, -0.05) is 27.5 Å². The Hall–Kier alpha value is -0.450. The highest BCUT2D eigenvalue weighted by molar-refractivity contribution is 9.09. The summed E-state index contributed by atoms with van der Waals surface area (Å²) in [4.78, 5) is 0.190. The fourth-order valence-electron chi connectivity index (χ4n) is 2.63. The molecule has 1 aliphatic rings. The largest absolute Gasteiger partial charge is 0.493 e. The summed E-state index contributed by atoms with van der Waals surface area (Å²) in [5.74, 6) is 1.36. The van der Waals surface area contributed by atoms with Crippen molar-refractivity contribution in [3.63, 3.8) is 0 Å². The molecule has 2 unspecified atom stereocenters. The van der Waals surface area contributed by atoms with E-state index in [1.807, 2.05) is 6.07 Å². The van der Waals surface area contributed by atoms with Gasteiger partial charge in [-0.05, 0) is 43.7 Å². The molecule has 1 fully saturated rings. The van der Waals surface area contributed by atoms with Crippen molar-refractivity contribution in [2.45, 2.75) is 43.0 Å². The quantitative estimate of drug-likeness (QED) is 0.642. The third kappa shape index (κ3) is 4.51. The number of methoxy groups -OCH3 is 2. The topological polar surface area (TPSA) is 27.7 Å². The van der Waals surface area contributed by atoms with Crippen molar-refractivity contribution in [2.75, 3.05) is 20.8 Å². The van der Waals surface area contributed by atoms with Crippen molar-refractivity contribution >= 4 is 27.5 Å². The molecule has 0 radical (unpaired) electrons. The fourth-order valence-corrected chi connectivity index (χ4v) is 3.69. The Labute approximate surface area is 140 Å². The minimum absolute atomic E-state index is 0.190. The van der Waals surface area contributed by atoms with E-state index in [0.717, 1.165) is 25.0 Å². The number of halogens is 2. The molecule has 0 bridgehead atoms. The summed E-state index contributed by atoms with van der Waals surface area (Å²) in [5.41, 5.74) is 1.03. The zero-order chi connectivity index (χ0) is 15.2. The second-order valence-electron chi connectivity index (χ2n) is 5.26. The average molecular weight is 378 g/mol. The third-order valence-corrected chi connectivity index (χ3v) is 5.13. The van der Waals surface area contributed by atoms with Crippen LogP contribution in [0.2, 0.25) is 5.02 Å². The molecule has 0 amide bonds. The molecule has 118 valence electrons. The maximum absolute atomic E-state index is 6.36. The van der Waals surface area contributed by atoms with Crippen LogP contribution in [-0.4, -0.2) is 26.9 Å². The Kier molecular flexibility index (Phi) is 6.65. The summed E-state index contributed by atoms with van der Waals surface area (Å²) in [7, 11) is 3.24. The van der Waals surface area contributed by atoms with Gasteiger partial charge in [0, 0.05) is 22.5 Å². The van der Waals surface area contributed by atoms with Gasteiger partial charge in [-0.3, -0.25) is 0 Å². The summed E-state index contributed by atoms with van der Waals surface area (Å²) < 4.78 is 16.4. The van der Waals surface area contributed by atoms with Crippen molar-refractivity contribution in [1.29, 1.82) is 0 Å². The van der Waals surface area contributed by atoms with Gasteiger partial charge in [-0.15, -0.1) is 0 Å². The maximum Gasteiger partial charge on any atom is 0.162 e. The monoisotopic (exact) mass is 376 g/mol. The van der Waals surface area contributed by atoms with E-state index < -0.39 is 0 Å². The Morgan fingerprint density at radius 1 is 1.29 bits per heavy atom. The number of hydrogen-bond donors (Lipinski definition) is 0. The highest BCUT2D eigenvalue weighted by Crippen LogP contribution is 2.40. The Balaban J connectivity index is 2.02. The van der Waals surface area contributed by atoms with Crippen LogP contribution in [0.5, 0.6) is 11.5 Å². The number of benzene rings is 1. The van der Waals surface area contributed by atoms with Gasteiger partial charge in [-0.25, -0.2) is 0 Å². The summed E-state index contributed by atoms with van der Waals surface area (Å²) in [5, 5.41) is 0.694. The van der Waals surface area contributed by atoms with E-state index in [2.05, 4.69) is 15.9 Å². The molecule has 0 spiro atoms. The van der Waals surface area contributed by atoms with Crippen LogP contribution in [0.15, 0.2) is 12.1 Å². The molecule has 1 saturated heterocycles. The lowest BCUT2D eigenvalue weighted by Crippen LogP contribution is -2.19. The van der Waals surface area contributed by atoms with Crippen LogP contribution in [0.4, 0.5) is 0 Å². The molecule has 0 aliphatic carbocycles. The molecule has 21 heavy (non-hydrogen) atoms. The van der Waals surface area contributed by atoms with Crippen molar-refractivity contribution in [3.05, 3.63) is 22.7 Å². The van der Waals surface area contributed by atoms with Crippen molar-refractivity contribution in [2.24, 2.45) is 0 Å². The average Bonchev–Trinajstić information content (AvgIpc) is 2.53. The molecule has 1 aromatic rings. The molecule has 2 atom stereocenters. The molecule has 0 saturated carbocycles. The van der Waals surface area contributed by atoms with E-state index in [1.165, 1.54) is 19.3 Å². The van der Waals surface area contributed by atoms with E-state index in [-0.39, 0.29) is 4.83 Å². The van der Waals surface area contributed by atoms with Crippen molar-refractivity contribution in [3.8, 4) is 11.5 Å². The molecule has 1 aliphatic heterocycles. The van der Waals surface area contributed by atoms with Gasteiger partial charge in [0.15, 0.2) is 11.5 Å². The minimum atomic E-state index is 0.190. The molecule has 0 aromatic heterocycles. The van der Waals surface area contributed by atoms with Gasteiger partial charge in [0.1, 0.15) is 0 Å². The first-order valence-corrected chi connectivity index (χ1v) is 8.62. The lowest BCUT2D eigenvalue weighted by molar-refractivity contribution is 0.0102. The number of hydrogen-bond acceptors (Lipinski definition) is 3. The zero-order valence-corrected chi connectivity index (χ0v) is 14.9. The van der Waals surface area contributed by atoms with Crippen LogP contribution in [0.25, 0.3) is 0 Å². The van der Waals surface area contributed by atoms with Gasteiger partial charge in [0.25, 0.3) is 0 Å². The first-order chi connectivity index (χ1) is 10.2. The second kappa shape index (κ2) is 8.25. The smallest absolute Gasteiger partial charge is 0.162 e. The number of alkyl halides is 1. The summed E-state index contributed by atoms with van der Waals surface area (Å²) in [6.07, 6.45) is 6.04. The van der Waals surface area contributed by atoms with E-state index >= 15 is 0 Å². The second-order valence-corrected chi connectivity index (χ2v) is 6.77. The first-order valence-electron chi connectivity index (χ1n) is 7.32. The lowest BCUT2D eigenvalue weighted by atomic mass is 10.0. The molecular formula is C16H22BrClO3. The standard InChI is InChI=1S/C16H22BrClO3/c1-19-15-9-12(14(18)10-16(15)20-2)13(17)7-6-11-5-3-4-8-21-11/h9-11,13H,3-8H2,1-2H3. The van der Waals surface area contributed by atoms with Crippen LogP contribution in [-0.2, 0) is 4.74 Å². The molecule has 5 heteroatoms. The van der Waals surface area contributed by atoms with Gasteiger partial charge >= 0.3 is 0 Å². The molecule has 3 nitrogen and oxygen atoms in total. The Morgan fingerprint density at radius 3 is 2.62 bits per heavy atom. The minimum Gasteiger partial charge on any atom is -0.493 e. The van der Waals surface area contributed by atoms with Crippen LogP contribution >= 0.6 is 27.5 Å². The summed E-state index contributed by atoms with van der Waals surface area (Å²) >= 11 is 10.1. The number of rotatable bonds is 6. The van der Waals surface area contributed by atoms with Gasteiger partial charge in [-0.2, -0.15) is 0 Å².